The van der Waals surface area contributed by atoms with Crippen LogP contribution in [0.25, 0.3) is 0 Å². The van der Waals surface area contributed by atoms with E-state index >= 15 is 0 Å². The van der Waals surface area contributed by atoms with E-state index in [1.165, 1.54) is 135 Å². The average molecular weight is 987 g/mol. The van der Waals surface area contributed by atoms with Gasteiger partial charge in [-0.05, 0) is 38.5 Å². The highest BCUT2D eigenvalue weighted by molar-refractivity contribution is 5.70. The zero-order valence-electron chi connectivity index (χ0n) is 42.8. The van der Waals surface area contributed by atoms with Crippen LogP contribution in [0.2, 0.25) is 0 Å². The molecule has 15 nitrogen and oxygen atoms in total. The number of hydrogen-bond acceptors (Lipinski definition) is 15. The highest BCUT2D eigenvalue weighted by Gasteiger charge is 2.47. The Morgan fingerprint density at radius 2 is 0.884 bits per heavy atom. The summed E-state index contributed by atoms with van der Waals surface area (Å²) in [5.41, 5.74) is 0. The summed E-state index contributed by atoms with van der Waals surface area (Å²) in [7, 11) is 0. The van der Waals surface area contributed by atoms with Crippen LogP contribution in [0.3, 0.4) is 0 Å². The number of hydrogen-bond donors (Lipinski definition) is 7. The number of unbranched alkanes of at least 4 members (excludes halogenated alkanes) is 25. The predicted octanol–water partition coefficient (Wildman–Crippen LogP) is 8.33. The number of esters is 2. The second-order valence-corrected chi connectivity index (χ2v) is 19.4. The van der Waals surface area contributed by atoms with Gasteiger partial charge >= 0.3 is 11.9 Å². The van der Waals surface area contributed by atoms with Gasteiger partial charge in [0.15, 0.2) is 18.7 Å². The highest BCUT2D eigenvalue weighted by atomic mass is 16.7. The number of carbonyl (C=O) groups is 2. The first kappa shape index (κ1) is 63.1. The van der Waals surface area contributed by atoms with Gasteiger partial charge in [-0.2, -0.15) is 0 Å². The van der Waals surface area contributed by atoms with Crippen molar-refractivity contribution in [1.29, 1.82) is 0 Å². The van der Waals surface area contributed by atoms with Crippen LogP contribution in [-0.4, -0.2) is 142 Å². The van der Waals surface area contributed by atoms with Crippen LogP contribution < -0.4 is 0 Å². The van der Waals surface area contributed by atoms with Crippen LogP contribution in [0.15, 0.2) is 24.3 Å². The Hall–Kier alpha value is -2.02. The summed E-state index contributed by atoms with van der Waals surface area (Å²) in [5, 5.41) is 72.1. The molecule has 404 valence electrons. The first-order valence-electron chi connectivity index (χ1n) is 27.4. The minimum atomic E-state index is -1.77. The zero-order valence-corrected chi connectivity index (χ0v) is 42.8. The second kappa shape index (κ2) is 41.5. The van der Waals surface area contributed by atoms with Crippen molar-refractivity contribution in [2.24, 2.45) is 0 Å². The Labute approximate surface area is 415 Å². The SMILES string of the molecule is CCCCCCCCCCC/C=C/C/C=C/CCCC(=O)O[C@@H](COC(=O)CCCCCCCCCCCCCCCCCC)CO[C@@H]1O[C@H](CO[C@@H]2O[C@H](CO)[C@H](O)C(O)C2O)[C@H](O)C(O)C1O. The molecule has 11 atom stereocenters. The maximum Gasteiger partial charge on any atom is 0.306 e. The molecule has 0 bridgehead atoms. The summed E-state index contributed by atoms with van der Waals surface area (Å²) in [4.78, 5) is 25.8. The van der Waals surface area contributed by atoms with E-state index in [1.54, 1.807) is 0 Å². The molecule has 4 unspecified atom stereocenters. The Bertz CT molecular complexity index is 1300. The number of aliphatic hydroxyl groups is 7. The van der Waals surface area contributed by atoms with Gasteiger partial charge in [-0.1, -0.05) is 186 Å². The van der Waals surface area contributed by atoms with Gasteiger partial charge < -0.3 is 64.2 Å². The average Bonchev–Trinajstić information content (AvgIpc) is 3.34. The van der Waals surface area contributed by atoms with Crippen molar-refractivity contribution in [2.75, 3.05) is 26.4 Å². The Balaban J connectivity index is 1.80. The van der Waals surface area contributed by atoms with E-state index in [0.29, 0.717) is 19.3 Å². The Kier molecular flexibility index (Phi) is 37.9. The molecule has 2 aliphatic heterocycles. The lowest BCUT2D eigenvalue weighted by atomic mass is 9.98. The Morgan fingerprint density at radius 1 is 0.464 bits per heavy atom. The predicted molar refractivity (Wildman–Crippen MR) is 266 cm³/mol. The molecule has 2 saturated heterocycles. The molecule has 0 aromatic rings. The van der Waals surface area contributed by atoms with Crippen LogP contribution in [0, 0.1) is 0 Å². The number of ether oxygens (including phenoxy) is 6. The molecule has 0 aromatic heterocycles. The van der Waals surface area contributed by atoms with Gasteiger partial charge in [-0.15, -0.1) is 0 Å². The molecule has 2 rings (SSSR count). The minimum absolute atomic E-state index is 0.104. The number of aliphatic hydroxyl groups excluding tert-OH is 7. The van der Waals surface area contributed by atoms with Crippen LogP contribution in [0.4, 0.5) is 0 Å². The number of rotatable bonds is 43. The van der Waals surface area contributed by atoms with E-state index in [-0.39, 0.29) is 19.4 Å². The monoisotopic (exact) mass is 987 g/mol. The van der Waals surface area contributed by atoms with Crippen LogP contribution in [0.5, 0.6) is 0 Å². The molecule has 7 N–H and O–H groups in total. The molecule has 69 heavy (non-hydrogen) atoms. The lowest BCUT2D eigenvalue weighted by Gasteiger charge is -2.42. The van der Waals surface area contributed by atoms with E-state index < -0.39 is 99.3 Å². The molecule has 0 amide bonds. The fraction of sp³-hybridized carbons (Fsp3) is 0.889. The van der Waals surface area contributed by atoms with Gasteiger partial charge in [-0.25, -0.2) is 0 Å². The first-order chi connectivity index (χ1) is 33.5. The smallest absolute Gasteiger partial charge is 0.306 e. The molecule has 15 heteroatoms. The standard InChI is InChI=1S/C54H98O15/c1-3-5-7-9-11-13-15-17-19-21-23-25-27-29-31-33-35-37-46(57)67-42(39-64-45(56)36-34-32-30-28-26-24-22-20-18-16-14-12-10-8-6-4-2)40-65-53-52(63)50(61)48(59)44(69-53)41-66-54-51(62)49(60)47(58)43(38-55)68-54/h23,25,29,31,42-44,47-55,58-63H,3-22,24,26-28,30,32-41H2,1-2H3/b25-23+,31-29+/t42-,43+,44+,47-,48-,49?,50?,51?,52?,53+,54+/m0/s1. The minimum Gasteiger partial charge on any atom is -0.462 e. The largest absolute Gasteiger partial charge is 0.462 e. The van der Waals surface area contributed by atoms with Gasteiger partial charge in [0.1, 0.15) is 55.4 Å². The fourth-order valence-corrected chi connectivity index (χ4v) is 8.67. The highest BCUT2D eigenvalue weighted by Crippen LogP contribution is 2.27. The molecule has 2 heterocycles. The normalized spacial score (nSPS) is 25.7. The van der Waals surface area contributed by atoms with Gasteiger partial charge in [0.2, 0.25) is 0 Å². The third-order valence-corrected chi connectivity index (χ3v) is 13.2. The van der Waals surface area contributed by atoms with E-state index in [1.807, 2.05) is 6.08 Å². The fourth-order valence-electron chi connectivity index (χ4n) is 8.67. The van der Waals surface area contributed by atoms with Crippen molar-refractivity contribution in [3.05, 3.63) is 24.3 Å². The molecular weight excluding hydrogens is 889 g/mol. The summed E-state index contributed by atoms with van der Waals surface area (Å²) >= 11 is 0. The lowest BCUT2D eigenvalue weighted by Crippen LogP contribution is -2.61. The van der Waals surface area contributed by atoms with E-state index in [4.69, 9.17) is 28.4 Å². The van der Waals surface area contributed by atoms with Crippen LogP contribution in [-0.2, 0) is 38.0 Å². The topological polar surface area (TPSA) is 231 Å². The quantitative estimate of drug-likeness (QED) is 0.0173. The molecule has 2 fully saturated rings. The molecule has 0 spiro atoms. The van der Waals surface area contributed by atoms with Crippen LogP contribution >= 0.6 is 0 Å². The molecule has 0 radical (unpaired) electrons. The van der Waals surface area contributed by atoms with Gasteiger partial charge in [0, 0.05) is 12.8 Å². The maximum absolute atomic E-state index is 13.0. The summed E-state index contributed by atoms with van der Waals surface area (Å²) in [6.07, 6.45) is 26.4. The lowest BCUT2D eigenvalue weighted by molar-refractivity contribution is -0.332. The molecule has 0 aliphatic carbocycles. The molecule has 2 aliphatic rings. The third kappa shape index (κ3) is 29.3. The zero-order chi connectivity index (χ0) is 50.3. The molecule has 0 aromatic carbocycles. The summed E-state index contributed by atoms with van der Waals surface area (Å²) < 4.78 is 33.6. The van der Waals surface area contributed by atoms with Gasteiger partial charge in [0.25, 0.3) is 0 Å². The molecular formula is C54H98O15. The Morgan fingerprint density at radius 3 is 1.39 bits per heavy atom. The first-order valence-corrected chi connectivity index (χ1v) is 27.4. The van der Waals surface area contributed by atoms with Gasteiger partial charge in [-0.3, -0.25) is 9.59 Å². The van der Waals surface area contributed by atoms with Crippen molar-refractivity contribution in [3.8, 4) is 0 Å². The van der Waals surface area contributed by atoms with Crippen LogP contribution in [0.1, 0.15) is 213 Å². The summed E-state index contributed by atoms with van der Waals surface area (Å²) in [5.74, 6) is -0.968. The number of allylic oxidation sites excluding steroid dienone is 4. The van der Waals surface area contributed by atoms with Crippen molar-refractivity contribution < 1.29 is 73.8 Å². The van der Waals surface area contributed by atoms with Gasteiger partial charge in [0.05, 0.1) is 19.8 Å². The van der Waals surface area contributed by atoms with E-state index in [2.05, 4.69) is 32.1 Å². The van der Waals surface area contributed by atoms with Crippen molar-refractivity contribution in [3.63, 3.8) is 0 Å². The van der Waals surface area contributed by atoms with Crippen molar-refractivity contribution >= 4 is 11.9 Å². The molecule has 0 saturated carbocycles. The summed E-state index contributed by atoms with van der Waals surface area (Å²) in [6, 6.07) is 0. The number of carbonyl (C=O) groups excluding carboxylic acids is 2. The maximum atomic E-state index is 13.0. The van der Waals surface area contributed by atoms with Crippen molar-refractivity contribution in [1.82, 2.24) is 0 Å². The van der Waals surface area contributed by atoms with E-state index in [9.17, 15) is 45.3 Å². The third-order valence-electron chi connectivity index (χ3n) is 13.2. The summed E-state index contributed by atoms with van der Waals surface area (Å²) in [6.45, 7) is 2.58. The second-order valence-electron chi connectivity index (χ2n) is 19.4. The van der Waals surface area contributed by atoms with Crippen molar-refractivity contribution in [2.45, 2.75) is 280 Å². The van der Waals surface area contributed by atoms with E-state index in [0.717, 1.165) is 32.1 Å².